The molecule has 2 rings (SSSR count). The van der Waals surface area contributed by atoms with Gasteiger partial charge in [0, 0.05) is 44.0 Å². The predicted octanol–water partition coefficient (Wildman–Crippen LogP) is 3.42. The van der Waals surface area contributed by atoms with E-state index in [1.54, 1.807) is 7.05 Å². The maximum atomic E-state index is 12.2. The number of halogens is 2. The van der Waals surface area contributed by atoms with Gasteiger partial charge in [-0.15, -0.1) is 23.2 Å². The molecule has 1 aromatic carbocycles. The normalized spacial score (nSPS) is 20.5. The highest BCUT2D eigenvalue weighted by molar-refractivity contribution is 7.47. The number of anilines is 1. The topological polar surface area (TPSA) is 66.1 Å². The number of benzene rings is 1. The van der Waals surface area contributed by atoms with E-state index in [1.807, 2.05) is 30.3 Å². The van der Waals surface area contributed by atoms with Crippen LogP contribution in [0, 0.1) is 0 Å². The molecule has 0 saturated carbocycles. The zero-order chi connectivity index (χ0) is 18.1. The fourth-order valence-corrected chi connectivity index (χ4v) is 4.47. The van der Waals surface area contributed by atoms with Crippen molar-refractivity contribution in [2.75, 3.05) is 43.8 Å². The van der Waals surface area contributed by atoms with Gasteiger partial charge in [0.15, 0.2) is 8.45 Å². The second-order valence-electron chi connectivity index (χ2n) is 5.24. The number of carbonyl (C=O) groups excluding carboxylic acids is 1. The Morgan fingerprint density at radius 2 is 2.04 bits per heavy atom. The van der Waals surface area contributed by atoms with Gasteiger partial charge in [-0.2, -0.15) is 0 Å². The minimum absolute atomic E-state index is 0.320. The third-order valence-electron chi connectivity index (χ3n) is 3.39. The quantitative estimate of drug-likeness (QED) is 0.391. The van der Waals surface area contributed by atoms with Crippen LogP contribution in [-0.4, -0.2) is 60.5 Å². The van der Waals surface area contributed by atoms with Crippen LogP contribution < -0.4 is 10.4 Å². The van der Waals surface area contributed by atoms with Crippen molar-refractivity contribution in [1.82, 2.24) is 14.8 Å². The summed E-state index contributed by atoms with van der Waals surface area (Å²) in [5.41, 5.74) is 0.709. The first-order chi connectivity index (χ1) is 12.1. The van der Waals surface area contributed by atoms with Crippen molar-refractivity contribution in [1.29, 1.82) is 0 Å². The molecule has 140 valence electrons. The molecule has 10 heteroatoms. The van der Waals surface area contributed by atoms with E-state index in [9.17, 15) is 4.79 Å². The number of hydroxylamine groups is 2. The summed E-state index contributed by atoms with van der Waals surface area (Å²) in [5.74, 6) is 0.983. The molecule has 0 radical (unpaired) electrons. The van der Waals surface area contributed by atoms with Crippen LogP contribution in [-0.2, 0) is 9.36 Å². The standard InChI is InChI=1S/C15H23Cl2N4O3P/c1-20(15(22)18-13-5-3-2-4-6-13)24-14-7-12-23-25(19-14)21(10-8-16)11-9-17/h2-6,14,19H,7-12H2,1H3,(H,18,22). The molecule has 1 aliphatic heterocycles. The average molecular weight is 409 g/mol. The van der Waals surface area contributed by atoms with Crippen LogP contribution in [0.25, 0.3) is 0 Å². The van der Waals surface area contributed by atoms with Crippen molar-refractivity contribution in [3.63, 3.8) is 0 Å². The summed E-state index contributed by atoms with van der Waals surface area (Å²) in [7, 11) is 0.523. The van der Waals surface area contributed by atoms with Gasteiger partial charge in [0.25, 0.3) is 0 Å². The molecule has 2 amide bonds. The van der Waals surface area contributed by atoms with Gasteiger partial charge in [0.2, 0.25) is 0 Å². The SMILES string of the molecule is CN(OC1CCOP(N(CCCl)CCCl)N1)C(=O)Nc1ccccc1. The molecule has 7 nitrogen and oxygen atoms in total. The van der Waals surface area contributed by atoms with E-state index in [4.69, 9.17) is 32.6 Å². The van der Waals surface area contributed by atoms with Gasteiger partial charge in [0.05, 0.1) is 6.61 Å². The first kappa shape index (κ1) is 20.6. The van der Waals surface area contributed by atoms with Crippen LogP contribution >= 0.6 is 31.7 Å². The summed E-state index contributed by atoms with van der Waals surface area (Å²) >= 11 is 11.7. The monoisotopic (exact) mass is 408 g/mol. The van der Waals surface area contributed by atoms with Crippen LogP contribution in [0.15, 0.2) is 30.3 Å². The first-order valence-corrected chi connectivity index (χ1v) is 10.2. The van der Waals surface area contributed by atoms with E-state index in [0.29, 0.717) is 43.6 Å². The Balaban J connectivity index is 1.85. The third kappa shape index (κ3) is 6.87. The Bertz CT molecular complexity index is 523. The van der Waals surface area contributed by atoms with Crippen LogP contribution in [0.2, 0.25) is 0 Å². The van der Waals surface area contributed by atoms with Gasteiger partial charge in [-0.3, -0.25) is 4.84 Å². The lowest BCUT2D eigenvalue weighted by Crippen LogP contribution is -2.45. The lowest BCUT2D eigenvalue weighted by Gasteiger charge is -2.37. The van der Waals surface area contributed by atoms with Crippen LogP contribution in [0.1, 0.15) is 6.42 Å². The molecule has 0 aromatic heterocycles. The maximum absolute atomic E-state index is 12.2. The number of urea groups is 1. The molecule has 2 N–H and O–H groups in total. The Morgan fingerprint density at radius 3 is 2.68 bits per heavy atom. The lowest BCUT2D eigenvalue weighted by atomic mass is 10.3. The Labute approximate surface area is 159 Å². The van der Waals surface area contributed by atoms with Crippen molar-refractivity contribution in [2.24, 2.45) is 0 Å². The van der Waals surface area contributed by atoms with Gasteiger partial charge >= 0.3 is 6.03 Å². The molecule has 0 spiro atoms. The molecule has 1 fully saturated rings. The van der Waals surface area contributed by atoms with Gasteiger partial charge in [-0.05, 0) is 12.1 Å². The van der Waals surface area contributed by atoms with Crippen molar-refractivity contribution >= 4 is 43.4 Å². The summed E-state index contributed by atoms with van der Waals surface area (Å²) in [6, 6.07) is 8.87. The van der Waals surface area contributed by atoms with Crippen LogP contribution in [0.3, 0.4) is 0 Å². The van der Waals surface area contributed by atoms with Crippen molar-refractivity contribution < 1.29 is 14.2 Å². The van der Waals surface area contributed by atoms with E-state index in [0.717, 1.165) is 0 Å². The number of carbonyl (C=O) groups is 1. The van der Waals surface area contributed by atoms with Gasteiger partial charge in [-0.25, -0.2) is 19.6 Å². The highest BCUT2D eigenvalue weighted by Crippen LogP contribution is 2.41. The zero-order valence-electron chi connectivity index (χ0n) is 14.0. The predicted molar refractivity (Wildman–Crippen MR) is 102 cm³/mol. The van der Waals surface area contributed by atoms with Crippen molar-refractivity contribution in [3.8, 4) is 0 Å². The Kier molecular flexibility index (Phi) is 9.20. The number of para-hydroxylation sites is 1. The molecule has 2 atom stereocenters. The number of rotatable bonds is 8. The minimum atomic E-state index is -1.05. The van der Waals surface area contributed by atoms with Crippen LogP contribution in [0.5, 0.6) is 0 Å². The molecule has 0 aliphatic carbocycles. The smallest absolute Gasteiger partial charge is 0.331 e. The van der Waals surface area contributed by atoms with E-state index in [-0.39, 0.29) is 12.3 Å². The van der Waals surface area contributed by atoms with Crippen molar-refractivity contribution in [2.45, 2.75) is 12.6 Å². The van der Waals surface area contributed by atoms with E-state index < -0.39 is 8.45 Å². The molecule has 1 aliphatic rings. The number of alkyl halides is 2. The third-order valence-corrected chi connectivity index (χ3v) is 5.57. The van der Waals surface area contributed by atoms with Crippen LogP contribution in [0.4, 0.5) is 10.5 Å². The molecule has 1 aromatic rings. The lowest BCUT2D eigenvalue weighted by molar-refractivity contribution is -0.153. The van der Waals surface area contributed by atoms with Gasteiger partial charge in [-0.1, -0.05) is 18.2 Å². The van der Waals surface area contributed by atoms with E-state index in [1.165, 1.54) is 5.06 Å². The molecular formula is C15H23Cl2N4O3P. The number of nitrogens with one attached hydrogen (secondary N) is 2. The van der Waals surface area contributed by atoms with Crippen molar-refractivity contribution in [3.05, 3.63) is 30.3 Å². The number of amides is 2. The molecule has 1 saturated heterocycles. The minimum Gasteiger partial charge on any atom is -0.331 e. The first-order valence-electron chi connectivity index (χ1n) is 7.96. The molecule has 25 heavy (non-hydrogen) atoms. The largest absolute Gasteiger partial charge is 0.345 e. The molecular weight excluding hydrogens is 386 g/mol. The number of hydrogen-bond donors (Lipinski definition) is 2. The molecule has 2 unspecified atom stereocenters. The summed E-state index contributed by atoms with van der Waals surface area (Å²) < 4.78 is 7.84. The average Bonchev–Trinajstić information content (AvgIpc) is 2.62. The maximum Gasteiger partial charge on any atom is 0.345 e. The summed E-state index contributed by atoms with van der Waals surface area (Å²) in [5, 5.41) is 7.24. The fraction of sp³-hybridized carbons (Fsp3) is 0.533. The second-order valence-corrected chi connectivity index (χ2v) is 7.63. The highest BCUT2D eigenvalue weighted by atomic mass is 35.5. The number of nitrogens with zero attached hydrogens (tertiary/aromatic N) is 2. The van der Waals surface area contributed by atoms with E-state index in [2.05, 4.69) is 15.1 Å². The summed E-state index contributed by atoms with van der Waals surface area (Å²) in [4.78, 5) is 17.9. The summed E-state index contributed by atoms with van der Waals surface area (Å²) in [6.07, 6.45) is 0.316. The zero-order valence-corrected chi connectivity index (χ0v) is 16.4. The second kappa shape index (κ2) is 11.1. The summed E-state index contributed by atoms with van der Waals surface area (Å²) in [6.45, 7) is 1.88. The molecule has 1 heterocycles. The Morgan fingerprint density at radius 1 is 1.36 bits per heavy atom. The number of hydrogen-bond acceptors (Lipinski definition) is 5. The van der Waals surface area contributed by atoms with Gasteiger partial charge < -0.3 is 9.84 Å². The highest BCUT2D eigenvalue weighted by Gasteiger charge is 2.29. The van der Waals surface area contributed by atoms with E-state index >= 15 is 0 Å². The Hall–Kier alpha value is -0.660. The molecule has 0 bridgehead atoms. The van der Waals surface area contributed by atoms with Gasteiger partial charge in [0.1, 0.15) is 6.23 Å². The fourth-order valence-electron chi connectivity index (χ4n) is 2.16.